The Morgan fingerprint density at radius 3 is 1.59 bits per heavy atom. The molecular weight excluding hydrogens is 733 g/mol. The Morgan fingerprint density at radius 1 is 0.621 bits per heavy atom. The largest absolute Gasteiger partial charge is 0.493 e. The molecule has 0 radical (unpaired) electrons. The highest BCUT2D eigenvalue weighted by Crippen LogP contribution is 2.25. The highest BCUT2D eigenvalue weighted by molar-refractivity contribution is 5.90. The minimum Gasteiger partial charge on any atom is -0.493 e. The summed E-state index contributed by atoms with van der Waals surface area (Å²) in [6, 6.07) is 6.98. The molecule has 1 saturated heterocycles. The van der Waals surface area contributed by atoms with E-state index in [-0.39, 0.29) is 13.2 Å². The number of carbonyl (C=O) groups excluding carboxylic acids is 1. The van der Waals surface area contributed by atoms with Crippen molar-refractivity contribution in [3.63, 3.8) is 0 Å². The lowest BCUT2D eigenvalue weighted by Crippen LogP contribution is -2.24. The van der Waals surface area contributed by atoms with Crippen LogP contribution in [0, 0.1) is 34.6 Å². The number of ether oxygens (including phenoxy) is 5. The van der Waals surface area contributed by atoms with Crippen LogP contribution in [0.3, 0.4) is 0 Å². The number of aryl methyl sites for hydroxylation is 3. The van der Waals surface area contributed by atoms with Crippen molar-refractivity contribution in [1.82, 2.24) is 0 Å². The summed E-state index contributed by atoms with van der Waals surface area (Å²) in [7, 11) is 0. The van der Waals surface area contributed by atoms with Gasteiger partial charge in [0.2, 0.25) is 0 Å². The van der Waals surface area contributed by atoms with Crippen LogP contribution >= 0.6 is 0 Å². The van der Waals surface area contributed by atoms with E-state index in [1.165, 1.54) is 102 Å². The third-order valence-electron chi connectivity index (χ3n) is 10.5. The smallest absolute Gasteiger partial charge is 0.338 e. The number of rotatable bonds is 30. The minimum atomic E-state index is -0.860. The first-order valence-corrected chi connectivity index (χ1v) is 22.6. The van der Waals surface area contributed by atoms with Crippen LogP contribution in [0.15, 0.2) is 24.3 Å². The summed E-state index contributed by atoms with van der Waals surface area (Å²) in [5.41, 5.74) is 6.11. The summed E-state index contributed by atoms with van der Waals surface area (Å²) < 4.78 is 27.0. The minimum absolute atomic E-state index is 0.0763. The van der Waals surface area contributed by atoms with Gasteiger partial charge >= 0.3 is 11.9 Å². The third-order valence-corrected chi connectivity index (χ3v) is 10.5. The van der Waals surface area contributed by atoms with E-state index >= 15 is 0 Å². The van der Waals surface area contributed by atoms with Crippen LogP contribution in [0.5, 0.6) is 5.75 Å². The summed E-state index contributed by atoms with van der Waals surface area (Å²) in [4.78, 5) is 23.1. The molecule has 0 aromatic heterocycles. The first-order valence-electron chi connectivity index (χ1n) is 22.6. The summed E-state index contributed by atoms with van der Waals surface area (Å²) in [6.07, 6.45) is 22.7. The van der Waals surface area contributed by atoms with Crippen molar-refractivity contribution in [3.05, 3.63) is 63.2 Å². The van der Waals surface area contributed by atoms with Gasteiger partial charge in [0.15, 0.2) is 0 Å². The molecule has 2 N–H and O–H groups in total. The fourth-order valence-electron chi connectivity index (χ4n) is 6.13. The van der Waals surface area contributed by atoms with E-state index in [1.807, 2.05) is 40.7 Å². The van der Waals surface area contributed by atoms with Gasteiger partial charge in [-0.05, 0) is 106 Å². The second-order valence-electron chi connectivity index (χ2n) is 16.0. The Hall–Kier alpha value is -2.98. The predicted molar refractivity (Wildman–Crippen MR) is 237 cm³/mol. The number of carbonyl (C=O) groups is 2. The first-order chi connectivity index (χ1) is 27.9. The molecule has 2 atom stereocenters. The Labute approximate surface area is 352 Å². The van der Waals surface area contributed by atoms with Crippen LogP contribution in [0.2, 0.25) is 0 Å². The van der Waals surface area contributed by atoms with Gasteiger partial charge in [0, 0.05) is 13.2 Å². The average molecular weight is 815 g/mol. The van der Waals surface area contributed by atoms with E-state index in [2.05, 4.69) is 20.8 Å². The number of carboxylic acids is 1. The maximum absolute atomic E-state index is 12.5. The highest BCUT2D eigenvalue weighted by atomic mass is 16.6. The molecule has 1 aliphatic rings. The zero-order valence-corrected chi connectivity index (χ0v) is 37.9. The second-order valence-corrected chi connectivity index (χ2v) is 16.0. The van der Waals surface area contributed by atoms with Gasteiger partial charge in [-0.15, -0.1) is 0 Å². The van der Waals surface area contributed by atoms with Gasteiger partial charge in [-0.3, -0.25) is 0 Å². The molecule has 9 nitrogen and oxygen atoms in total. The highest BCUT2D eigenvalue weighted by Gasteiger charge is 2.22. The lowest BCUT2D eigenvalue weighted by molar-refractivity contribution is -0.0113. The van der Waals surface area contributed by atoms with Crippen LogP contribution in [0.25, 0.3) is 0 Å². The van der Waals surface area contributed by atoms with Crippen LogP contribution in [0.1, 0.15) is 185 Å². The molecule has 332 valence electrons. The standard InChI is InChI=1S/C32H56O5.C10H12O2.C7H14O2/c1-5-7-9-10-11-12-13-14-15-16-17-18-19-20-22-36-31-24-29(23-27(3)28(31)4)32(34)37-26-30(33)25-35-21-8-6-2;1-6-4-9(10(11)12)5-7(2)8(6)3;1-2-3-4-8-5-7-6-9-7/h23-24,30,33H,5-22,25-26H2,1-4H3;4-5H,1-3H3,(H,11,12);7H,2-6H2,1H3. The summed E-state index contributed by atoms with van der Waals surface area (Å²) in [5, 5.41) is 18.7. The Balaban J connectivity index is 0.000000640. The van der Waals surface area contributed by atoms with Gasteiger partial charge in [0.1, 0.15) is 24.6 Å². The van der Waals surface area contributed by atoms with E-state index in [0.29, 0.717) is 30.4 Å². The molecule has 0 bridgehead atoms. The molecular formula is C49H82O9. The van der Waals surface area contributed by atoms with Crippen LogP contribution in [-0.4, -0.2) is 80.6 Å². The van der Waals surface area contributed by atoms with Crippen molar-refractivity contribution in [2.45, 2.75) is 183 Å². The SMILES string of the molecule is CCCCCCCCCCCCCCCCOc1cc(C(=O)OCC(O)COCCCC)cc(C)c1C.CCCCOCC1CO1.Cc1cc(C(=O)O)cc(C)c1C. The van der Waals surface area contributed by atoms with Crippen LogP contribution in [0.4, 0.5) is 0 Å². The van der Waals surface area contributed by atoms with E-state index in [9.17, 15) is 14.7 Å². The number of benzene rings is 2. The van der Waals surface area contributed by atoms with Gasteiger partial charge in [-0.25, -0.2) is 9.59 Å². The van der Waals surface area contributed by atoms with Crippen molar-refractivity contribution in [2.24, 2.45) is 0 Å². The van der Waals surface area contributed by atoms with E-state index in [1.54, 1.807) is 18.2 Å². The molecule has 58 heavy (non-hydrogen) atoms. The number of aliphatic hydroxyl groups excluding tert-OH is 1. The summed E-state index contributed by atoms with van der Waals surface area (Å²) >= 11 is 0. The number of carboxylic acid groups (broad SMARTS) is 1. The maximum atomic E-state index is 12.5. The molecule has 2 aromatic rings. The molecule has 0 aliphatic carbocycles. The number of hydrogen-bond donors (Lipinski definition) is 2. The van der Waals surface area contributed by atoms with Gasteiger partial charge in [0.25, 0.3) is 0 Å². The fourth-order valence-corrected chi connectivity index (χ4v) is 6.13. The van der Waals surface area contributed by atoms with Gasteiger partial charge in [-0.2, -0.15) is 0 Å². The predicted octanol–water partition coefficient (Wildman–Crippen LogP) is 12.0. The lowest BCUT2D eigenvalue weighted by Gasteiger charge is -2.15. The van der Waals surface area contributed by atoms with Crippen LogP contribution < -0.4 is 4.74 Å². The third kappa shape index (κ3) is 26.2. The number of epoxide rings is 1. The Bertz CT molecular complexity index is 1350. The van der Waals surface area contributed by atoms with E-state index in [0.717, 1.165) is 67.1 Å². The maximum Gasteiger partial charge on any atom is 0.338 e. The molecule has 0 amide bonds. The normalized spacial score (nSPS) is 13.5. The lowest BCUT2D eigenvalue weighted by atomic mass is 10.0. The molecule has 0 saturated carbocycles. The number of unbranched alkanes of at least 4 members (excludes halogenated alkanes) is 15. The molecule has 1 fully saturated rings. The zero-order valence-electron chi connectivity index (χ0n) is 37.9. The second kappa shape index (κ2) is 33.8. The van der Waals surface area contributed by atoms with Crippen molar-refractivity contribution >= 4 is 11.9 Å². The number of aliphatic hydroxyl groups is 1. The Kier molecular flexibility index (Phi) is 30.9. The van der Waals surface area contributed by atoms with E-state index in [4.69, 9.17) is 28.8 Å². The average Bonchev–Trinajstić information content (AvgIpc) is 4.04. The zero-order chi connectivity index (χ0) is 43.0. The number of hydrogen-bond acceptors (Lipinski definition) is 8. The number of aromatic carboxylic acids is 1. The van der Waals surface area contributed by atoms with E-state index < -0.39 is 18.0 Å². The van der Waals surface area contributed by atoms with Crippen molar-refractivity contribution in [3.8, 4) is 5.75 Å². The molecule has 2 unspecified atom stereocenters. The van der Waals surface area contributed by atoms with Crippen LogP contribution in [-0.2, 0) is 18.9 Å². The van der Waals surface area contributed by atoms with Gasteiger partial charge < -0.3 is 33.9 Å². The summed E-state index contributed by atoms with van der Waals surface area (Å²) in [6.45, 7) is 20.3. The Morgan fingerprint density at radius 2 is 1.09 bits per heavy atom. The van der Waals surface area contributed by atoms with Crippen molar-refractivity contribution < 1.29 is 43.5 Å². The van der Waals surface area contributed by atoms with Crippen molar-refractivity contribution in [2.75, 3.05) is 46.2 Å². The molecule has 1 aliphatic heterocycles. The molecule has 3 rings (SSSR count). The molecule has 2 aromatic carbocycles. The van der Waals surface area contributed by atoms with Gasteiger partial charge in [0.05, 0.1) is 37.6 Å². The molecule has 9 heteroatoms. The van der Waals surface area contributed by atoms with Gasteiger partial charge in [-0.1, -0.05) is 117 Å². The fraction of sp³-hybridized carbons (Fsp3) is 0.714. The quantitative estimate of drug-likeness (QED) is 0.0450. The number of esters is 1. The summed E-state index contributed by atoms with van der Waals surface area (Å²) in [5.74, 6) is -0.566. The molecule has 1 heterocycles. The van der Waals surface area contributed by atoms with Crippen molar-refractivity contribution in [1.29, 1.82) is 0 Å². The topological polar surface area (TPSA) is 124 Å². The first kappa shape index (κ1) is 53.0. The monoisotopic (exact) mass is 815 g/mol. The molecule has 0 spiro atoms.